The Labute approximate surface area is 133 Å². The lowest BCUT2D eigenvalue weighted by Crippen LogP contribution is -2.32. The van der Waals surface area contributed by atoms with Crippen molar-refractivity contribution in [3.63, 3.8) is 0 Å². The number of benzene rings is 1. The number of carbonyl (C=O) groups is 1. The third-order valence-corrected chi connectivity index (χ3v) is 3.68. The summed E-state index contributed by atoms with van der Waals surface area (Å²) in [4.78, 5) is 23.9. The van der Waals surface area contributed by atoms with E-state index in [9.17, 15) is 14.7 Å². The van der Waals surface area contributed by atoms with Gasteiger partial charge >= 0.3 is 0 Å². The average molecular weight is 311 g/mol. The van der Waals surface area contributed by atoms with Crippen LogP contribution in [0.25, 0.3) is 5.70 Å². The van der Waals surface area contributed by atoms with Crippen LogP contribution in [0, 0.1) is 0 Å². The number of ketones is 1. The highest BCUT2D eigenvalue weighted by atomic mass is 16.5. The van der Waals surface area contributed by atoms with Gasteiger partial charge < -0.3 is 9.84 Å². The number of pyridine rings is 1. The molecule has 0 bridgehead atoms. The first-order valence-electron chi connectivity index (χ1n) is 7.26. The molecule has 0 aliphatic carbocycles. The number of carbonyl (C=O) groups excluding carboxylic acids is 1. The van der Waals surface area contributed by atoms with Gasteiger partial charge in [0.2, 0.25) is 0 Å². The van der Waals surface area contributed by atoms with Crippen molar-refractivity contribution in [2.75, 3.05) is 0 Å². The largest absolute Gasteiger partial charge is 0.508 e. The molecule has 1 aliphatic heterocycles. The van der Waals surface area contributed by atoms with Crippen LogP contribution >= 0.6 is 0 Å². The molecule has 5 heteroatoms. The van der Waals surface area contributed by atoms with Crippen molar-refractivity contribution in [1.82, 2.24) is 4.57 Å². The summed E-state index contributed by atoms with van der Waals surface area (Å²) in [6.07, 6.45) is 3.34. The van der Waals surface area contributed by atoms with E-state index in [1.807, 2.05) is 19.9 Å². The minimum Gasteiger partial charge on any atom is -0.508 e. The van der Waals surface area contributed by atoms with Crippen molar-refractivity contribution in [3.05, 3.63) is 64.1 Å². The lowest BCUT2D eigenvalue weighted by atomic mass is 9.96. The summed E-state index contributed by atoms with van der Waals surface area (Å²) < 4.78 is 7.35. The van der Waals surface area contributed by atoms with Crippen molar-refractivity contribution < 1.29 is 14.6 Å². The van der Waals surface area contributed by atoms with Crippen LogP contribution in [0.15, 0.2) is 47.4 Å². The van der Waals surface area contributed by atoms with Gasteiger partial charge in [-0.25, -0.2) is 0 Å². The molecule has 0 saturated carbocycles. The fourth-order valence-corrected chi connectivity index (χ4v) is 2.62. The number of fused-ring (bicyclic) bond motifs is 1. The molecule has 0 saturated heterocycles. The van der Waals surface area contributed by atoms with Gasteiger partial charge in [0, 0.05) is 23.4 Å². The number of rotatable bonds is 2. The molecule has 1 aliphatic rings. The Morgan fingerprint density at radius 3 is 2.61 bits per heavy atom. The smallest absolute Gasteiger partial charge is 0.258 e. The molecule has 3 rings (SSSR count). The molecule has 118 valence electrons. The molecule has 1 N–H and O–H groups in total. The van der Waals surface area contributed by atoms with Gasteiger partial charge in [0.15, 0.2) is 5.78 Å². The molecule has 2 aromatic rings. The maximum atomic E-state index is 12.2. The third kappa shape index (κ3) is 2.77. The van der Waals surface area contributed by atoms with Gasteiger partial charge in [0.1, 0.15) is 17.1 Å². The number of ether oxygens (including phenoxy) is 1. The van der Waals surface area contributed by atoms with Crippen LogP contribution in [0.3, 0.4) is 0 Å². The summed E-state index contributed by atoms with van der Waals surface area (Å²) in [6.45, 7) is 5.27. The van der Waals surface area contributed by atoms with E-state index in [1.165, 1.54) is 23.8 Å². The van der Waals surface area contributed by atoms with E-state index in [0.717, 1.165) is 6.07 Å². The Bertz CT molecular complexity index is 890. The zero-order chi connectivity index (χ0) is 16.8. The SMILES string of the molecule is CC(=O)c1ccc2c(c1)C(n1ccc(O)cc1=O)=CC(C)(C)O2. The van der Waals surface area contributed by atoms with Crippen LogP contribution in [-0.4, -0.2) is 21.1 Å². The number of aromatic nitrogens is 1. The van der Waals surface area contributed by atoms with Gasteiger partial charge in [0.05, 0.1) is 5.70 Å². The van der Waals surface area contributed by atoms with E-state index < -0.39 is 5.60 Å². The number of hydrogen-bond donors (Lipinski definition) is 1. The molecule has 0 atom stereocenters. The van der Waals surface area contributed by atoms with Crippen molar-refractivity contribution in [3.8, 4) is 11.5 Å². The van der Waals surface area contributed by atoms with Crippen LogP contribution in [-0.2, 0) is 0 Å². The first-order chi connectivity index (χ1) is 10.8. The van der Waals surface area contributed by atoms with E-state index in [4.69, 9.17) is 4.74 Å². The molecule has 1 aromatic carbocycles. The van der Waals surface area contributed by atoms with Crippen LogP contribution < -0.4 is 10.3 Å². The Morgan fingerprint density at radius 2 is 1.96 bits per heavy atom. The van der Waals surface area contributed by atoms with Gasteiger partial charge in [-0.1, -0.05) is 0 Å². The molecule has 0 amide bonds. The van der Waals surface area contributed by atoms with Crippen molar-refractivity contribution >= 4 is 11.5 Å². The second kappa shape index (κ2) is 5.12. The van der Waals surface area contributed by atoms with E-state index in [1.54, 1.807) is 18.2 Å². The monoisotopic (exact) mass is 311 g/mol. The molecule has 0 fully saturated rings. The highest BCUT2D eigenvalue weighted by molar-refractivity contribution is 5.95. The van der Waals surface area contributed by atoms with Crippen molar-refractivity contribution in [2.24, 2.45) is 0 Å². The molecular weight excluding hydrogens is 294 g/mol. The van der Waals surface area contributed by atoms with Gasteiger partial charge in [-0.3, -0.25) is 14.2 Å². The number of aromatic hydroxyl groups is 1. The molecule has 5 nitrogen and oxygen atoms in total. The summed E-state index contributed by atoms with van der Waals surface area (Å²) in [6, 6.07) is 7.76. The lowest BCUT2D eigenvalue weighted by molar-refractivity contribution is 0.101. The Balaban J connectivity index is 2.26. The number of hydrogen-bond acceptors (Lipinski definition) is 4. The highest BCUT2D eigenvalue weighted by Gasteiger charge is 2.28. The predicted octanol–water partition coefficient (Wildman–Crippen LogP) is 2.82. The predicted molar refractivity (Wildman–Crippen MR) is 86.9 cm³/mol. The minimum absolute atomic E-state index is 0.0602. The number of Topliss-reactive ketones (excluding diaryl/α,β-unsaturated/α-hetero) is 1. The lowest BCUT2D eigenvalue weighted by Gasteiger charge is -2.31. The van der Waals surface area contributed by atoms with E-state index >= 15 is 0 Å². The summed E-state index contributed by atoms with van der Waals surface area (Å²) in [5.41, 5.74) is 0.893. The highest BCUT2D eigenvalue weighted by Crippen LogP contribution is 2.37. The fraction of sp³-hybridized carbons (Fsp3) is 0.222. The molecule has 1 aromatic heterocycles. The second-order valence-electron chi connectivity index (χ2n) is 6.10. The summed E-state index contributed by atoms with van der Waals surface area (Å²) >= 11 is 0. The van der Waals surface area contributed by atoms with E-state index in [2.05, 4.69) is 0 Å². The molecule has 2 heterocycles. The van der Waals surface area contributed by atoms with Gasteiger partial charge in [0.25, 0.3) is 5.56 Å². The minimum atomic E-state index is -0.600. The number of nitrogens with zero attached hydrogens (tertiary/aromatic N) is 1. The zero-order valence-corrected chi connectivity index (χ0v) is 13.2. The maximum Gasteiger partial charge on any atom is 0.258 e. The fourth-order valence-electron chi connectivity index (χ4n) is 2.62. The zero-order valence-electron chi connectivity index (χ0n) is 13.2. The molecular formula is C18H17NO4. The normalized spacial score (nSPS) is 15.3. The summed E-state index contributed by atoms with van der Waals surface area (Å²) in [5, 5.41) is 9.45. The maximum absolute atomic E-state index is 12.2. The topological polar surface area (TPSA) is 68.5 Å². The molecule has 0 spiro atoms. The van der Waals surface area contributed by atoms with Gasteiger partial charge in [-0.2, -0.15) is 0 Å². The molecule has 23 heavy (non-hydrogen) atoms. The average Bonchev–Trinajstić information content (AvgIpc) is 2.45. The first kappa shape index (κ1) is 15.1. The Hall–Kier alpha value is -2.82. The third-order valence-electron chi connectivity index (χ3n) is 3.68. The van der Waals surface area contributed by atoms with Crippen LogP contribution in [0.2, 0.25) is 0 Å². The van der Waals surface area contributed by atoms with Crippen LogP contribution in [0.1, 0.15) is 36.7 Å². The summed E-state index contributed by atoms with van der Waals surface area (Å²) in [5.74, 6) is 0.461. The summed E-state index contributed by atoms with van der Waals surface area (Å²) in [7, 11) is 0. The first-order valence-corrected chi connectivity index (χ1v) is 7.26. The van der Waals surface area contributed by atoms with Crippen LogP contribution in [0.4, 0.5) is 0 Å². The van der Waals surface area contributed by atoms with E-state index in [0.29, 0.717) is 22.6 Å². The standard InChI is InChI=1S/C18H17NO4/c1-11(20)12-4-5-16-14(8-12)15(10-18(2,3)23-16)19-7-6-13(21)9-17(19)22/h4-10,21H,1-3H3. The van der Waals surface area contributed by atoms with Crippen LogP contribution in [0.5, 0.6) is 11.5 Å². The second-order valence-corrected chi connectivity index (χ2v) is 6.10. The quantitative estimate of drug-likeness (QED) is 0.866. The van der Waals surface area contributed by atoms with Gasteiger partial charge in [-0.05, 0) is 51.1 Å². The Kier molecular flexibility index (Phi) is 3.36. The van der Waals surface area contributed by atoms with Gasteiger partial charge in [-0.15, -0.1) is 0 Å². The van der Waals surface area contributed by atoms with E-state index in [-0.39, 0.29) is 17.1 Å². The molecule has 0 radical (unpaired) electrons. The molecule has 0 unspecified atom stereocenters. The van der Waals surface area contributed by atoms with Crippen molar-refractivity contribution in [2.45, 2.75) is 26.4 Å². The Morgan fingerprint density at radius 1 is 1.22 bits per heavy atom. The van der Waals surface area contributed by atoms with Crippen molar-refractivity contribution in [1.29, 1.82) is 0 Å².